The predicted molar refractivity (Wildman–Crippen MR) is 34.6 cm³/mol. The number of rotatable bonds is 0. The number of aromatic nitrogens is 1. The van der Waals surface area contributed by atoms with E-state index in [9.17, 15) is 0 Å². The molecule has 0 N–H and O–H groups in total. The number of ether oxygens (including phenoxy) is 2. The van der Waals surface area contributed by atoms with Crippen LogP contribution >= 0.6 is 0 Å². The lowest BCUT2D eigenvalue weighted by atomic mass is 10.4. The van der Waals surface area contributed by atoms with Crippen molar-refractivity contribution in [3.8, 4) is 11.5 Å². The molecule has 0 aromatic carbocycles. The summed E-state index contributed by atoms with van der Waals surface area (Å²) in [5.74, 6) is 1.36. The first-order valence-electron chi connectivity index (χ1n) is 2.89. The standard InChI is InChI=1S/C7H5NO2/c1-2-8-5-7-6(1)9-3-4-10-7/h1-5H. The van der Waals surface area contributed by atoms with E-state index >= 15 is 0 Å². The van der Waals surface area contributed by atoms with Crippen molar-refractivity contribution >= 4 is 0 Å². The number of nitrogens with zero attached hydrogens (tertiary/aromatic N) is 1. The van der Waals surface area contributed by atoms with Crippen LogP contribution < -0.4 is 9.47 Å². The van der Waals surface area contributed by atoms with Crippen LogP contribution in [0.15, 0.2) is 31.0 Å². The Hall–Kier alpha value is -1.51. The summed E-state index contributed by atoms with van der Waals surface area (Å²) in [6.07, 6.45) is 6.23. The molecule has 0 spiro atoms. The third-order valence-corrected chi connectivity index (χ3v) is 1.19. The van der Waals surface area contributed by atoms with Crippen molar-refractivity contribution in [1.29, 1.82) is 0 Å². The van der Waals surface area contributed by atoms with E-state index in [1.165, 1.54) is 12.5 Å². The molecule has 2 rings (SSSR count). The van der Waals surface area contributed by atoms with Crippen LogP contribution in [0.4, 0.5) is 0 Å². The zero-order valence-electron chi connectivity index (χ0n) is 5.15. The number of pyridine rings is 1. The van der Waals surface area contributed by atoms with Crippen molar-refractivity contribution in [3.05, 3.63) is 31.0 Å². The molecule has 0 bridgehead atoms. The summed E-state index contributed by atoms with van der Waals surface area (Å²) in [6.45, 7) is 0. The van der Waals surface area contributed by atoms with Gasteiger partial charge in [-0.2, -0.15) is 0 Å². The molecule has 10 heavy (non-hydrogen) atoms. The van der Waals surface area contributed by atoms with Crippen molar-refractivity contribution in [2.45, 2.75) is 0 Å². The lowest BCUT2D eigenvalue weighted by molar-refractivity contribution is 0.360. The lowest BCUT2D eigenvalue weighted by Gasteiger charge is -2.09. The molecule has 1 aromatic heterocycles. The van der Waals surface area contributed by atoms with Crippen molar-refractivity contribution < 1.29 is 9.47 Å². The molecule has 1 aliphatic heterocycles. The highest BCUT2D eigenvalue weighted by Crippen LogP contribution is 2.27. The van der Waals surface area contributed by atoms with E-state index in [0.29, 0.717) is 11.5 Å². The van der Waals surface area contributed by atoms with Gasteiger partial charge in [0.1, 0.15) is 12.5 Å². The molecule has 0 saturated carbocycles. The van der Waals surface area contributed by atoms with Crippen molar-refractivity contribution in [2.24, 2.45) is 0 Å². The van der Waals surface area contributed by atoms with Gasteiger partial charge in [0.05, 0.1) is 6.20 Å². The summed E-state index contributed by atoms with van der Waals surface area (Å²) < 4.78 is 10.1. The maximum absolute atomic E-state index is 5.08. The average Bonchev–Trinajstić information content (AvgIpc) is 2.05. The van der Waals surface area contributed by atoms with Crippen LogP contribution in [-0.2, 0) is 0 Å². The van der Waals surface area contributed by atoms with Gasteiger partial charge < -0.3 is 9.47 Å². The van der Waals surface area contributed by atoms with Gasteiger partial charge >= 0.3 is 0 Å². The molecule has 1 aliphatic rings. The molecular formula is C7H5NO2. The third kappa shape index (κ3) is 0.719. The molecular weight excluding hydrogens is 130 g/mol. The van der Waals surface area contributed by atoms with Gasteiger partial charge in [0.2, 0.25) is 0 Å². The van der Waals surface area contributed by atoms with Gasteiger partial charge in [0.25, 0.3) is 0 Å². The molecule has 0 saturated heterocycles. The van der Waals surface area contributed by atoms with Crippen LogP contribution in [0, 0.1) is 0 Å². The lowest BCUT2D eigenvalue weighted by Crippen LogP contribution is -1.95. The van der Waals surface area contributed by atoms with E-state index in [2.05, 4.69) is 4.98 Å². The number of hydrogen-bond donors (Lipinski definition) is 0. The van der Waals surface area contributed by atoms with Gasteiger partial charge in [-0.25, -0.2) is 0 Å². The van der Waals surface area contributed by atoms with E-state index in [0.717, 1.165) is 0 Å². The van der Waals surface area contributed by atoms with Crippen LogP contribution in [0.1, 0.15) is 0 Å². The highest BCUT2D eigenvalue weighted by molar-refractivity contribution is 5.38. The molecule has 0 fully saturated rings. The van der Waals surface area contributed by atoms with Gasteiger partial charge in [0, 0.05) is 12.3 Å². The normalized spacial score (nSPS) is 13.2. The van der Waals surface area contributed by atoms with Gasteiger partial charge in [0.15, 0.2) is 11.5 Å². The summed E-state index contributed by atoms with van der Waals surface area (Å²) in [7, 11) is 0. The molecule has 0 amide bonds. The Balaban J connectivity index is 2.47. The molecule has 2 heterocycles. The second kappa shape index (κ2) is 2.02. The van der Waals surface area contributed by atoms with E-state index in [-0.39, 0.29) is 0 Å². The van der Waals surface area contributed by atoms with Crippen LogP contribution in [0.5, 0.6) is 11.5 Å². The van der Waals surface area contributed by atoms with Crippen molar-refractivity contribution in [1.82, 2.24) is 4.98 Å². The third-order valence-electron chi connectivity index (χ3n) is 1.19. The van der Waals surface area contributed by atoms with Crippen LogP contribution in [0.25, 0.3) is 0 Å². The summed E-state index contributed by atoms with van der Waals surface area (Å²) in [4.78, 5) is 3.86. The summed E-state index contributed by atoms with van der Waals surface area (Å²) in [5.41, 5.74) is 0. The highest BCUT2D eigenvalue weighted by atomic mass is 16.5. The zero-order chi connectivity index (χ0) is 6.81. The second-order valence-corrected chi connectivity index (χ2v) is 1.83. The first-order chi connectivity index (χ1) is 4.97. The van der Waals surface area contributed by atoms with Gasteiger partial charge in [-0.15, -0.1) is 0 Å². The molecule has 3 heteroatoms. The maximum Gasteiger partial charge on any atom is 0.187 e. The van der Waals surface area contributed by atoms with E-state index in [1.54, 1.807) is 18.5 Å². The fraction of sp³-hybridized carbons (Fsp3) is 0. The minimum atomic E-state index is 0.657. The summed E-state index contributed by atoms with van der Waals surface area (Å²) >= 11 is 0. The summed E-state index contributed by atoms with van der Waals surface area (Å²) in [5, 5.41) is 0. The van der Waals surface area contributed by atoms with E-state index < -0.39 is 0 Å². The Morgan fingerprint density at radius 3 is 2.70 bits per heavy atom. The van der Waals surface area contributed by atoms with Crippen LogP contribution in [0.2, 0.25) is 0 Å². The second-order valence-electron chi connectivity index (χ2n) is 1.83. The Morgan fingerprint density at radius 1 is 1.10 bits per heavy atom. The number of fused-ring (bicyclic) bond motifs is 1. The molecule has 1 aromatic rings. The minimum absolute atomic E-state index is 0.657. The first kappa shape index (κ1) is 5.29. The molecule has 50 valence electrons. The monoisotopic (exact) mass is 135 g/mol. The van der Waals surface area contributed by atoms with Gasteiger partial charge in [-0.05, 0) is 0 Å². The molecule has 0 atom stereocenters. The molecule has 0 unspecified atom stereocenters. The van der Waals surface area contributed by atoms with Crippen LogP contribution in [0.3, 0.4) is 0 Å². The van der Waals surface area contributed by atoms with Gasteiger partial charge in [-0.3, -0.25) is 4.98 Å². The van der Waals surface area contributed by atoms with E-state index in [4.69, 9.17) is 9.47 Å². The largest absolute Gasteiger partial charge is 0.458 e. The number of hydrogen-bond acceptors (Lipinski definition) is 3. The maximum atomic E-state index is 5.08. The quantitative estimate of drug-likeness (QED) is 0.537. The van der Waals surface area contributed by atoms with Crippen LogP contribution in [-0.4, -0.2) is 4.98 Å². The van der Waals surface area contributed by atoms with Crippen molar-refractivity contribution in [3.63, 3.8) is 0 Å². The molecule has 3 nitrogen and oxygen atoms in total. The molecule has 0 aliphatic carbocycles. The topological polar surface area (TPSA) is 31.4 Å². The average molecular weight is 135 g/mol. The SMILES string of the molecule is C1=COc2cnccc2O1. The fourth-order valence-corrected chi connectivity index (χ4v) is 0.755. The molecule has 0 radical (unpaired) electrons. The van der Waals surface area contributed by atoms with Crippen molar-refractivity contribution in [2.75, 3.05) is 0 Å². The minimum Gasteiger partial charge on any atom is -0.458 e. The van der Waals surface area contributed by atoms with Gasteiger partial charge in [-0.1, -0.05) is 0 Å². The fourth-order valence-electron chi connectivity index (χ4n) is 0.755. The predicted octanol–water partition coefficient (Wildman–Crippen LogP) is 1.32. The Labute approximate surface area is 57.9 Å². The Morgan fingerprint density at radius 2 is 1.90 bits per heavy atom. The summed E-state index contributed by atoms with van der Waals surface area (Å²) in [6, 6.07) is 1.75. The smallest absolute Gasteiger partial charge is 0.187 e. The Bertz CT molecular complexity index is 243. The highest BCUT2D eigenvalue weighted by Gasteiger charge is 2.05. The first-order valence-corrected chi connectivity index (χ1v) is 2.89. The van der Waals surface area contributed by atoms with E-state index in [1.807, 2.05) is 0 Å². The zero-order valence-corrected chi connectivity index (χ0v) is 5.15. The Kier molecular flexibility index (Phi) is 1.07.